The van der Waals surface area contributed by atoms with Crippen molar-refractivity contribution in [2.75, 3.05) is 5.06 Å². The monoisotopic (exact) mass is 463 g/mol. The number of hydroxylamine groups is 1. The highest BCUT2D eigenvalue weighted by Gasteiger charge is 2.59. The van der Waals surface area contributed by atoms with Crippen LogP contribution in [0.2, 0.25) is 5.02 Å². The first-order valence-corrected chi connectivity index (χ1v) is 10.7. The van der Waals surface area contributed by atoms with Gasteiger partial charge >= 0.3 is 0 Å². The summed E-state index contributed by atoms with van der Waals surface area (Å²) in [6.07, 6.45) is -1.03. The maximum atomic E-state index is 13.5. The lowest BCUT2D eigenvalue weighted by molar-refractivity contribution is -0.384. The highest BCUT2D eigenvalue weighted by atomic mass is 35.5. The van der Waals surface area contributed by atoms with Crippen molar-refractivity contribution in [1.29, 1.82) is 0 Å². The first-order chi connectivity index (χ1) is 16.0. The number of benzene rings is 3. The summed E-state index contributed by atoms with van der Waals surface area (Å²) in [5.74, 6) is -1.67. The van der Waals surface area contributed by atoms with Gasteiger partial charge in [0.1, 0.15) is 10.9 Å². The van der Waals surface area contributed by atoms with E-state index in [9.17, 15) is 19.7 Å². The number of amides is 2. The molecule has 0 N–H and O–H groups in total. The SMILES string of the molecule is O=C1[C@@H]2[C@@H](ON(c3ccccc3)[C@H]2c2ccc(Cl)c([N+](=O)[O-])c2)C(=O)N1Cc1ccccc1. The van der Waals surface area contributed by atoms with Crippen molar-refractivity contribution in [2.24, 2.45) is 5.92 Å². The molecule has 33 heavy (non-hydrogen) atoms. The number of para-hydroxylation sites is 1. The quantitative estimate of drug-likeness (QED) is 0.318. The van der Waals surface area contributed by atoms with E-state index in [1.165, 1.54) is 22.1 Å². The minimum Gasteiger partial charge on any atom is -0.275 e. The lowest BCUT2D eigenvalue weighted by Gasteiger charge is -2.28. The van der Waals surface area contributed by atoms with Gasteiger partial charge in [-0.3, -0.25) is 29.4 Å². The number of likely N-dealkylation sites (tertiary alicyclic amines) is 1. The van der Waals surface area contributed by atoms with E-state index < -0.39 is 28.9 Å². The molecule has 2 saturated heterocycles. The van der Waals surface area contributed by atoms with Crippen LogP contribution in [0.25, 0.3) is 0 Å². The van der Waals surface area contributed by atoms with Crippen LogP contribution in [0, 0.1) is 16.0 Å². The number of nitro groups is 1. The summed E-state index contributed by atoms with van der Waals surface area (Å²) in [4.78, 5) is 44.8. The van der Waals surface area contributed by atoms with Crippen LogP contribution in [-0.2, 0) is 21.0 Å². The van der Waals surface area contributed by atoms with Gasteiger partial charge in [0.2, 0.25) is 5.91 Å². The summed E-state index contributed by atoms with van der Waals surface area (Å²) in [6, 6.07) is 21.9. The molecule has 3 aromatic rings. The molecule has 0 bridgehead atoms. The van der Waals surface area contributed by atoms with Gasteiger partial charge in [0.05, 0.1) is 23.2 Å². The molecule has 3 aromatic carbocycles. The normalized spacial score (nSPS) is 22.0. The molecule has 0 aliphatic carbocycles. The second-order valence-electron chi connectivity index (χ2n) is 7.87. The summed E-state index contributed by atoms with van der Waals surface area (Å²) in [7, 11) is 0. The van der Waals surface area contributed by atoms with E-state index in [1.54, 1.807) is 30.3 Å². The molecule has 0 aromatic heterocycles. The Morgan fingerprint density at radius 1 is 0.939 bits per heavy atom. The average molecular weight is 464 g/mol. The Kier molecular flexibility index (Phi) is 5.32. The minimum atomic E-state index is -1.03. The first kappa shape index (κ1) is 21.1. The second kappa shape index (κ2) is 8.31. The second-order valence-corrected chi connectivity index (χ2v) is 8.28. The first-order valence-electron chi connectivity index (χ1n) is 10.3. The maximum absolute atomic E-state index is 13.5. The molecule has 166 valence electrons. The lowest BCUT2D eigenvalue weighted by atomic mass is 9.90. The number of imide groups is 1. The van der Waals surface area contributed by atoms with E-state index in [4.69, 9.17) is 16.4 Å². The highest BCUT2D eigenvalue weighted by molar-refractivity contribution is 6.32. The van der Waals surface area contributed by atoms with Gasteiger partial charge in [-0.2, -0.15) is 0 Å². The lowest BCUT2D eigenvalue weighted by Crippen LogP contribution is -2.36. The van der Waals surface area contributed by atoms with Crippen molar-refractivity contribution < 1.29 is 19.3 Å². The van der Waals surface area contributed by atoms with Crippen molar-refractivity contribution >= 4 is 34.8 Å². The molecule has 8 nitrogen and oxygen atoms in total. The molecule has 2 fully saturated rings. The summed E-state index contributed by atoms with van der Waals surface area (Å²) >= 11 is 6.01. The molecule has 3 atom stereocenters. The van der Waals surface area contributed by atoms with Crippen LogP contribution >= 0.6 is 11.6 Å². The third-order valence-corrected chi connectivity index (χ3v) is 6.23. The van der Waals surface area contributed by atoms with Crippen LogP contribution in [0.15, 0.2) is 78.9 Å². The van der Waals surface area contributed by atoms with E-state index >= 15 is 0 Å². The van der Waals surface area contributed by atoms with Crippen molar-refractivity contribution in [2.45, 2.75) is 18.7 Å². The Morgan fingerprint density at radius 3 is 2.27 bits per heavy atom. The number of halogens is 1. The fourth-order valence-electron chi connectivity index (χ4n) is 4.38. The van der Waals surface area contributed by atoms with Gasteiger partial charge in [-0.15, -0.1) is 0 Å². The fourth-order valence-corrected chi connectivity index (χ4v) is 4.57. The number of nitro benzene ring substituents is 1. The molecule has 0 spiro atoms. The van der Waals surface area contributed by atoms with Gasteiger partial charge in [-0.1, -0.05) is 66.2 Å². The number of carbonyl (C=O) groups is 2. The van der Waals surface area contributed by atoms with Gasteiger partial charge in [0, 0.05) is 6.07 Å². The zero-order chi connectivity index (χ0) is 23.1. The van der Waals surface area contributed by atoms with Gasteiger partial charge in [0.15, 0.2) is 6.10 Å². The summed E-state index contributed by atoms with van der Waals surface area (Å²) < 4.78 is 0. The number of anilines is 1. The third-order valence-electron chi connectivity index (χ3n) is 5.91. The summed E-state index contributed by atoms with van der Waals surface area (Å²) in [5, 5.41) is 13.0. The third kappa shape index (κ3) is 3.63. The Hall–Kier alpha value is -3.75. The number of fused-ring (bicyclic) bond motifs is 1. The molecule has 5 rings (SSSR count). The van der Waals surface area contributed by atoms with Gasteiger partial charge in [0.25, 0.3) is 11.6 Å². The number of hydrogen-bond acceptors (Lipinski definition) is 6. The molecular weight excluding hydrogens is 446 g/mol. The maximum Gasteiger partial charge on any atom is 0.288 e. The van der Waals surface area contributed by atoms with E-state index in [0.29, 0.717) is 11.3 Å². The van der Waals surface area contributed by atoms with Crippen molar-refractivity contribution in [1.82, 2.24) is 4.90 Å². The molecule has 2 heterocycles. The molecule has 0 radical (unpaired) electrons. The molecule has 2 amide bonds. The molecule has 2 aliphatic rings. The van der Waals surface area contributed by atoms with Crippen LogP contribution in [0.3, 0.4) is 0 Å². The number of nitrogens with zero attached hydrogens (tertiary/aromatic N) is 3. The molecule has 9 heteroatoms. The largest absolute Gasteiger partial charge is 0.288 e. The van der Waals surface area contributed by atoms with Gasteiger partial charge in [-0.25, -0.2) is 5.06 Å². The zero-order valence-corrected chi connectivity index (χ0v) is 18.0. The van der Waals surface area contributed by atoms with Crippen molar-refractivity contribution in [3.63, 3.8) is 0 Å². The standard InChI is InChI=1S/C24H18ClN3O5/c25-18-12-11-16(13-19(18)28(31)32)21-20-22(33-27(21)17-9-5-2-6-10-17)24(30)26(23(20)29)14-15-7-3-1-4-8-15/h1-13,20-22H,14H2/t20-,21-,22+/m0/s1. The number of hydrogen-bond donors (Lipinski definition) is 0. The fraction of sp³-hybridized carbons (Fsp3) is 0.167. The predicted molar refractivity (Wildman–Crippen MR) is 120 cm³/mol. The van der Waals surface area contributed by atoms with E-state index in [1.807, 2.05) is 36.4 Å². The Labute approximate surface area is 194 Å². The van der Waals surface area contributed by atoms with Crippen LogP contribution in [0.1, 0.15) is 17.2 Å². The topological polar surface area (TPSA) is 93.0 Å². The van der Waals surface area contributed by atoms with Crippen molar-refractivity contribution in [3.8, 4) is 0 Å². The Bertz CT molecular complexity index is 1240. The van der Waals surface area contributed by atoms with E-state index in [2.05, 4.69) is 0 Å². The highest BCUT2D eigenvalue weighted by Crippen LogP contribution is 2.47. The Morgan fingerprint density at radius 2 is 1.61 bits per heavy atom. The summed E-state index contributed by atoms with van der Waals surface area (Å²) in [5.41, 5.74) is 1.64. The van der Waals surface area contributed by atoms with Crippen LogP contribution in [0.5, 0.6) is 0 Å². The van der Waals surface area contributed by atoms with Gasteiger partial charge < -0.3 is 0 Å². The van der Waals surface area contributed by atoms with Crippen LogP contribution < -0.4 is 5.06 Å². The minimum absolute atomic E-state index is 0.00925. The van der Waals surface area contributed by atoms with Crippen molar-refractivity contribution in [3.05, 3.63) is 105 Å². The molecular formula is C24H18ClN3O5. The van der Waals surface area contributed by atoms with E-state index in [-0.39, 0.29) is 23.2 Å². The van der Waals surface area contributed by atoms with Crippen LogP contribution in [0.4, 0.5) is 11.4 Å². The predicted octanol–water partition coefficient (Wildman–Crippen LogP) is 4.29. The van der Waals surface area contributed by atoms with E-state index in [0.717, 1.165) is 5.56 Å². The molecule has 0 saturated carbocycles. The number of carbonyl (C=O) groups excluding carboxylic acids is 2. The molecule has 2 aliphatic heterocycles. The Balaban J connectivity index is 1.56. The van der Waals surface area contributed by atoms with Crippen LogP contribution in [-0.4, -0.2) is 27.7 Å². The van der Waals surface area contributed by atoms with Gasteiger partial charge in [-0.05, 0) is 29.3 Å². The smallest absolute Gasteiger partial charge is 0.275 e. The number of rotatable bonds is 5. The molecule has 0 unspecified atom stereocenters. The zero-order valence-electron chi connectivity index (χ0n) is 17.2. The summed E-state index contributed by atoms with van der Waals surface area (Å²) in [6.45, 7) is 0.133. The average Bonchev–Trinajstić information content (AvgIpc) is 3.33.